The zero-order chi connectivity index (χ0) is 15.9. The first-order valence-electron chi connectivity index (χ1n) is 8.31. The third kappa shape index (κ3) is 2.44. The van der Waals surface area contributed by atoms with Crippen molar-refractivity contribution in [1.29, 1.82) is 0 Å². The molecule has 0 aliphatic heterocycles. The monoisotopic (exact) mass is 362 g/mol. The molecule has 6 rings (SSSR count). The van der Waals surface area contributed by atoms with E-state index in [-0.39, 0.29) is 16.5 Å². The fourth-order valence-corrected chi connectivity index (χ4v) is 3.69. The van der Waals surface area contributed by atoms with Gasteiger partial charge in [-0.25, -0.2) is 0 Å². The summed E-state index contributed by atoms with van der Waals surface area (Å²) in [5, 5.41) is 0. The molecule has 0 spiro atoms. The Kier molecular flexibility index (Phi) is 4.03. The van der Waals surface area contributed by atoms with Gasteiger partial charge >= 0.3 is 0 Å². The molecule has 0 unspecified atom stereocenters. The standard InChI is InChI=1S/2C12H8.Ni/c2*1-2-6-10-9(5-1)11-7-3-4-8-12(10)11;/h2*1-8H;. The smallest absolute Gasteiger partial charge is 0 e. The Balaban J connectivity index is 0.000000121. The van der Waals surface area contributed by atoms with Crippen molar-refractivity contribution in [3.63, 3.8) is 0 Å². The van der Waals surface area contributed by atoms with E-state index in [1.807, 2.05) is 0 Å². The Labute approximate surface area is 158 Å². The topological polar surface area (TPSA) is 0 Å². The van der Waals surface area contributed by atoms with Gasteiger partial charge in [-0.1, -0.05) is 97.1 Å². The Morgan fingerprint density at radius 1 is 0.240 bits per heavy atom. The maximum atomic E-state index is 2.18. The van der Waals surface area contributed by atoms with Crippen LogP contribution in [0.5, 0.6) is 0 Å². The normalized spacial score (nSPS) is 10.9. The van der Waals surface area contributed by atoms with Crippen LogP contribution in [0.25, 0.3) is 44.5 Å². The van der Waals surface area contributed by atoms with Crippen LogP contribution >= 0.6 is 0 Å². The van der Waals surface area contributed by atoms with Gasteiger partial charge < -0.3 is 0 Å². The maximum absolute atomic E-state index is 2.18. The molecule has 25 heavy (non-hydrogen) atoms. The zero-order valence-electron chi connectivity index (χ0n) is 13.6. The van der Waals surface area contributed by atoms with E-state index in [0.29, 0.717) is 0 Å². The SMILES string of the molecule is [Ni].c1ccc2c(c1)-c1ccccc1-2.c1ccc2c(c1)-c1ccccc1-2. The summed E-state index contributed by atoms with van der Waals surface area (Å²) in [4.78, 5) is 0. The largest absolute Gasteiger partial charge is 0.0616 e. The zero-order valence-corrected chi connectivity index (χ0v) is 14.5. The van der Waals surface area contributed by atoms with Gasteiger partial charge in [0.05, 0.1) is 0 Å². The summed E-state index contributed by atoms with van der Waals surface area (Å²) in [7, 11) is 0. The predicted molar refractivity (Wildman–Crippen MR) is 102 cm³/mol. The molecule has 1 heteroatoms. The van der Waals surface area contributed by atoms with Gasteiger partial charge in [-0.15, -0.1) is 0 Å². The van der Waals surface area contributed by atoms with Gasteiger partial charge in [0.1, 0.15) is 0 Å². The number of benzene rings is 4. The minimum atomic E-state index is 0. The summed E-state index contributed by atoms with van der Waals surface area (Å²) in [6.07, 6.45) is 0. The van der Waals surface area contributed by atoms with Crippen LogP contribution in [0.3, 0.4) is 0 Å². The molecular weight excluding hydrogens is 347 g/mol. The number of rotatable bonds is 0. The molecule has 0 fully saturated rings. The molecule has 0 aromatic heterocycles. The van der Waals surface area contributed by atoms with Crippen LogP contribution in [0.2, 0.25) is 0 Å². The molecule has 0 N–H and O–H groups in total. The molecule has 0 saturated carbocycles. The van der Waals surface area contributed by atoms with Gasteiger partial charge in [0.25, 0.3) is 0 Å². The molecule has 4 aromatic carbocycles. The summed E-state index contributed by atoms with van der Waals surface area (Å²) < 4.78 is 0. The van der Waals surface area contributed by atoms with E-state index in [1.165, 1.54) is 44.5 Å². The quantitative estimate of drug-likeness (QED) is 0.265. The van der Waals surface area contributed by atoms with Crippen molar-refractivity contribution >= 4 is 0 Å². The van der Waals surface area contributed by atoms with Crippen molar-refractivity contribution in [2.24, 2.45) is 0 Å². The fraction of sp³-hybridized carbons (Fsp3) is 0. The molecule has 0 nitrogen and oxygen atoms in total. The Morgan fingerprint density at radius 3 is 0.480 bits per heavy atom. The molecule has 122 valence electrons. The van der Waals surface area contributed by atoms with Crippen LogP contribution < -0.4 is 0 Å². The summed E-state index contributed by atoms with van der Waals surface area (Å²) in [6.45, 7) is 0. The third-order valence-electron chi connectivity index (χ3n) is 4.87. The molecule has 2 aliphatic carbocycles. The van der Waals surface area contributed by atoms with E-state index in [1.54, 1.807) is 0 Å². The number of fused-ring (bicyclic) bond motifs is 8. The molecule has 0 saturated heterocycles. The average Bonchev–Trinajstić information content (AvgIpc) is 2.64. The average molecular weight is 363 g/mol. The van der Waals surface area contributed by atoms with E-state index in [9.17, 15) is 0 Å². The van der Waals surface area contributed by atoms with Crippen LogP contribution in [0.1, 0.15) is 0 Å². The second-order valence-electron chi connectivity index (χ2n) is 6.18. The van der Waals surface area contributed by atoms with Gasteiger partial charge in [0.15, 0.2) is 0 Å². The summed E-state index contributed by atoms with van der Waals surface area (Å²) in [5.41, 5.74) is 11.2. The van der Waals surface area contributed by atoms with Gasteiger partial charge in [-0.2, -0.15) is 0 Å². The molecule has 0 amide bonds. The second kappa shape index (κ2) is 6.35. The van der Waals surface area contributed by atoms with Crippen molar-refractivity contribution in [3.05, 3.63) is 97.1 Å². The van der Waals surface area contributed by atoms with Crippen LogP contribution in [0.15, 0.2) is 97.1 Å². The molecule has 0 heterocycles. The van der Waals surface area contributed by atoms with Crippen LogP contribution in [-0.2, 0) is 16.5 Å². The van der Waals surface area contributed by atoms with E-state index in [0.717, 1.165) is 0 Å². The second-order valence-corrected chi connectivity index (χ2v) is 6.18. The Bertz CT molecular complexity index is 776. The van der Waals surface area contributed by atoms with Crippen molar-refractivity contribution in [2.75, 3.05) is 0 Å². The summed E-state index contributed by atoms with van der Waals surface area (Å²) in [6, 6.07) is 34.2. The third-order valence-corrected chi connectivity index (χ3v) is 4.87. The van der Waals surface area contributed by atoms with Crippen molar-refractivity contribution in [3.8, 4) is 44.5 Å². The molecule has 0 bridgehead atoms. The van der Waals surface area contributed by atoms with E-state index >= 15 is 0 Å². The minimum Gasteiger partial charge on any atom is -0.0616 e. The number of hydrogen-bond acceptors (Lipinski definition) is 0. The van der Waals surface area contributed by atoms with Crippen molar-refractivity contribution in [1.82, 2.24) is 0 Å². The molecule has 2 aliphatic rings. The number of hydrogen-bond donors (Lipinski definition) is 0. The van der Waals surface area contributed by atoms with Crippen LogP contribution in [-0.4, -0.2) is 0 Å². The van der Waals surface area contributed by atoms with E-state index < -0.39 is 0 Å². The first-order chi connectivity index (χ1) is 11.9. The first-order valence-corrected chi connectivity index (χ1v) is 8.31. The van der Waals surface area contributed by atoms with Gasteiger partial charge in [-0.3, -0.25) is 0 Å². The molecular formula is C24H16Ni. The van der Waals surface area contributed by atoms with Crippen molar-refractivity contribution in [2.45, 2.75) is 0 Å². The van der Waals surface area contributed by atoms with Crippen molar-refractivity contribution < 1.29 is 16.5 Å². The Morgan fingerprint density at radius 2 is 0.360 bits per heavy atom. The molecule has 4 aromatic rings. The summed E-state index contributed by atoms with van der Waals surface area (Å²) in [5.74, 6) is 0. The Hall–Kier alpha value is -2.63. The van der Waals surface area contributed by atoms with E-state index in [4.69, 9.17) is 0 Å². The van der Waals surface area contributed by atoms with Gasteiger partial charge in [-0.05, 0) is 44.5 Å². The minimum absolute atomic E-state index is 0. The maximum Gasteiger partial charge on any atom is 0 e. The van der Waals surface area contributed by atoms with Crippen LogP contribution in [0.4, 0.5) is 0 Å². The van der Waals surface area contributed by atoms with E-state index in [2.05, 4.69) is 97.1 Å². The predicted octanol–water partition coefficient (Wildman–Crippen LogP) is 6.67. The summed E-state index contributed by atoms with van der Waals surface area (Å²) >= 11 is 0. The van der Waals surface area contributed by atoms with Crippen LogP contribution in [0, 0.1) is 0 Å². The molecule has 0 radical (unpaired) electrons. The first kappa shape index (κ1) is 15.9. The molecule has 0 atom stereocenters. The van der Waals surface area contributed by atoms with Gasteiger partial charge in [0.2, 0.25) is 0 Å². The fourth-order valence-electron chi connectivity index (χ4n) is 3.69. The van der Waals surface area contributed by atoms with Gasteiger partial charge in [0, 0.05) is 16.5 Å².